The number of rotatable bonds is 2. The maximum absolute atomic E-state index is 8.83. The SMILES string of the molecule is CC1CCCCCC1Nc1ccc(C#N)cc1N. The summed E-state index contributed by atoms with van der Waals surface area (Å²) in [6.45, 7) is 2.31. The highest BCUT2D eigenvalue weighted by atomic mass is 14.9. The summed E-state index contributed by atoms with van der Waals surface area (Å²) < 4.78 is 0. The highest BCUT2D eigenvalue weighted by Gasteiger charge is 2.20. The van der Waals surface area contributed by atoms with Crippen molar-refractivity contribution < 1.29 is 0 Å². The van der Waals surface area contributed by atoms with E-state index in [1.54, 1.807) is 6.07 Å². The Bertz CT molecular complexity index is 448. The van der Waals surface area contributed by atoms with E-state index < -0.39 is 0 Å². The van der Waals surface area contributed by atoms with Crippen LogP contribution in [0.1, 0.15) is 44.6 Å². The van der Waals surface area contributed by atoms with Crippen LogP contribution in [-0.2, 0) is 0 Å². The van der Waals surface area contributed by atoms with E-state index in [1.807, 2.05) is 12.1 Å². The van der Waals surface area contributed by atoms with Gasteiger partial charge in [0.2, 0.25) is 0 Å². The number of hydrogen-bond acceptors (Lipinski definition) is 3. The van der Waals surface area contributed by atoms with Crippen molar-refractivity contribution in [3.05, 3.63) is 23.8 Å². The number of hydrogen-bond donors (Lipinski definition) is 2. The average molecular weight is 243 g/mol. The van der Waals surface area contributed by atoms with Gasteiger partial charge >= 0.3 is 0 Å². The van der Waals surface area contributed by atoms with Gasteiger partial charge in [-0.1, -0.05) is 26.2 Å². The van der Waals surface area contributed by atoms with Gasteiger partial charge in [0.1, 0.15) is 0 Å². The van der Waals surface area contributed by atoms with Crippen molar-refractivity contribution in [1.29, 1.82) is 5.26 Å². The topological polar surface area (TPSA) is 61.8 Å². The number of benzene rings is 1. The zero-order valence-electron chi connectivity index (χ0n) is 10.9. The first kappa shape index (κ1) is 12.8. The number of nitriles is 1. The molecule has 0 saturated heterocycles. The van der Waals surface area contributed by atoms with Crippen LogP contribution in [0.15, 0.2) is 18.2 Å². The van der Waals surface area contributed by atoms with Crippen LogP contribution in [0.4, 0.5) is 11.4 Å². The van der Waals surface area contributed by atoms with Gasteiger partial charge in [0.15, 0.2) is 0 Å². The van der Waals surface area contributed by atoms with Crippen LogP contribution >= 0.6 is 0 Å². The maximum atomic E-state index is 8.83. The molecule has 0 bridgehead atoms. The summed E-state index contributed by atoms with van der Waals surface area (Å²) in [7, 11) is 0. The fourth-order valence-electron chi connectivity index (χ4n) is 2.67. The highest BCUT2D eigenvalue weighted by Crippen LogP contribution is 2.28. The number of nitrogens with two attached hydrogens (primary N) is 1. The smallest absolute Gasteiger partial charge is 0.0992 e. The predicted octanol–water partition coefficient (Wildman–Crippen LogP) is 3.52. The first-order valence-corrected chi connectivity index (χ1v) is 6.77. The van der Waals surface area contributed by atoms with Gasteiger partial charge in [-0.15, -0.1) is 0 Å². The van der Waals surface area contributed by atoms with Crippen LogP contribution in [0.2, 0.25) is 0 Å². The lowest BCUT2D eigenvalue weighted by atomic mass is 9.96. The second-order valence-corrected chi connectivity index (χ2v) is 5.28. The summed E-state index contributed by atoms with van der Waals surface area (Å²) in [5.74, 6) is 0.683. The van der Waals surface area contributed by atoms with Crippen molar-refractivity contribution in [2.45, 2.75) is 45.1 Å². The molecule has 3 heteroatoms. The zero-order valence-corrected chi connectivity index (χ0v) is 10.9. The molecule has 3 N–H and O–H groups in total. The Hall–Kier alpha value is -1.69. The fourth-order valence-corrected chi connectivity index (χ4v) is 2.67. The van der Waals surface area contributed by atoms with Gasteiger partial charge in [0.05, 0.1) is 23.0 Å². The van der Waals surface area contributed by atoms with E-state index in [2.05, 4.69) is 18.3 Å². The number of anilines is 2. The molecule has 1 fully saturated rings. The minimum absolute atomic E-state index is 0.503. The van der Waals surface area contributed by atoms with E-state index in [-0.39, 0.29) is 0 Å². The van der Waals surface area contributed by atoms with E-state index >= 15 is 0 Å². The molecule has 1 aliphatic rings. The van der Waals surface area contributed by atoms with Crippen LogP contribution in [-0.4, -0.2) is 6.04 Å². The van der Waals surface area contributed by atoms with E-state index in [4.69, 9.17) is 11.0 Å². The number of nitrogens with one attached hydrogen (secondary N) is 1. The largest absolute Gasteiger partial charge is 0.397 e. The van der Waals surface area contributed by atoms with Crippen molar-refractivity contribution in [3.8, 4) is 6.07 Å². The molecule has 96 valence electrons. The van der Waals surface area contributed by atoms with Crippen molar-refractivity contribution in [2.75, 3.05) is 11.1 Å². The fraction of sp³-hybridized carbons (Fsp3) is 0.533. The Morgan fingerprint density at radius 3 is 2.78 bits per heavy atom. The van der Waals surface area contributed by atoms with Gasteiger partial charge in [0.25, 0.3) is 0 Å². The lowest BCUT2D eigenvalue weighted by Gasteiger charge is -2.24. The standard InChI is InChI=1S/C15H21N3/c1-11-5-3-2-4-6-14(11)18-15-8-7-12(10-16)9-13(15)17/h7-9,11,14,18H,2-6,17H2,1H3. The van der Waals surface area contributed by atoms with E-state index in [0.29, 0.717) is 23.2 Å². The normalized spacial score (nSPS) is 24.0. The number of nitrogen functional groups attached to an aromatic ring is 1. The number of nitrogens with zero attached hydrogens (tertiary/aromatic N) is 1. The molecule has 2 atom stereocenters. The lowest BCUT2D eigenvalue weighted by molar-refractivity contribution is 0.457. The molecule has 2 unspecified atom stereocenters. The summed E-state index contributed by atoms with van der Waals surface area (Å²) in [6.07, 6.45) is 6.46. The molecule has 0 spiro atoms. The van der Waals surface area contributed by atoms with Gasteiger partial charge in [-0.3, -0.25) is 0 Å². The molecule has 1 aromatic rings. The summed E-state index contributed by atoms with van der Waals surface area (Å²) in [6, 6.07) is 8.09. The third kappa shape index (κ3) is 2.95. The highest BCUT2D eigenvalue weighted by molar-refractivity contribution is 5.68. The van der Waals surface area contributed by atoms with Gasteiger partial charge < -0.3 is 11.1 Å². The molecule has 0 radical (unpaired) electrons. The molecule has 0 aromatic heterocycles. The second-order valence-electron chi connectivity index (χ2n) is 5.28. The van der Waals surface area contributed by atoms with Crippen molar-refractivity contribution in [1.82, 2.24) is 0 Å². The lowest BCUT2D eigenvalue weighted by Crippen LogP contribution is -2.26. The van der Waals surface area contributed by atoms with Crippen molar-refractivity contribution in [2.24, 2.45) is 5.92 Å². The molecule has 1 saturated carbocycles. The minimum atomic E-state index is 0.503. The summed E-state index contributed by atoms with van der Waals surface area (Å²) in [4.78, 5) is 0. The summed E-state index contributed by atoms with van der Waals surface area (Å²) in [5, 5.41) is 12.4. The molecule has 0 amide bonds. The van der Waals surface area contributed by atoms with Crippen molar-refractivity contribution in [3.63, 3.8) is 0 Å². The Kier molecular flexibility index (Phi) is 4.09. The monoisotopic (exact) mass is 243 g/mol. The van der Waals surface area contributed by atoms with Crippen LogP contribution in [0, 0.1) is 17.2 Å². The van der Waals surface area contributed by atoms with Crippen LogP contribution in [0.3, 0.4) is 0 Å². The summed E-state index contributed by atoms with van der Waals surface area (Å²) in [5.41, 5.74) is 8.24. The maximum Gasteiger partial charge on any atom is 0.0992 e. The molecule has 1 aromatic carbocycles. The minimum Gasteiger partial charge on any atom is -0.397 e. The second kappa shape index (κ2) is 5.77. The van der Waals surface area contributed by atoms with E-state index in [0.717, 1.165) is 5.69 Å². The van der Waals surface area contributed by atoms with Gasteiger partial charge in [-0.25, -0.2) is 0 Å². The molecule has 18 heavy (non-hydrogen) atoms. The molecule has 2 rings (SSSR count). The Labute approximate surface area is 109 Å². The molecular formula is C15H21N3. The van der Waals surface area contributed by atoms with Crippen molar-refractivity contribution >= 4 is 11.4 Å². The van der Waals surface area contributed by atoms with Gasteiger partial charge in [-0.2, -0.15) is 5.26 Å². The Balaban J connectivity index is 2.10. The quantitative estimate of drug-likeness (QED) is 0.617. The first-order valence-electron chi connectivity index (χ1n) is 6.77. The third-order valence-electron chi connectivity index (χ3n) is 3.88. The summed E-state index contributed by atoms with van der Waals surface area (Å²) >= 11 is 0. The molecule has 1 aliphatic carbocycles. The van der Waals surface area contributed by atoms with Gasteiger partial charge in [-0.05, 0) is 37.0 Å². The van der Waals surface area contributed by atoms with Crippen LogP contribution in [0.5, 0.6) is 0 Å². The molecular weight excluding hydrogens is 222 g/mol. The Morgan fingerprint density at radius 1 is 1.28 bits per heavy atom. The zero-order chi connectivity index (χ0) is 13.0. The van der Waals surface area contributed by atoms with E-state index in [9.17, 15) is 0 Å². The van der Waals surface area contributed by atoms with Crippen LogP contribution in [0.25, 0.3) is 0 Å². The molecule has 0 heterocycles. The van der Waals surface area contributed by atoms with E-state index in [1.165, 1.54) is 32.1 Å². The van der Waals surface area contributed by atoms with Crippen LogP contribution < -0.4 is 11.1 Å². The molecule has 0 aliphatic heterocycles. The third-order valence-corrected chi connectivity index (χ3v) is 3.88. The first-order chi connectivity index (χ1) is 8.70. The van der Waals surface area contributed by atoms with Gasteiger partial charge in [0, 0.05) is 6.04 Å². The average Bonchev–Trinajstić information content (AvgIpc) is 2.57. The molecule has 3 nitrogen and oxygen atoms in total. The predicted molar refractivity (Wildman–Crippen MR) is 75.2 cm³/mol. The Morgan fingerprint density at radius 2 is 2.06 bits per heavy atom.